The highest BCUT2D eigenvalue weighted by atomic mass is 31.1. The molecule has 2 aliphatic heterocycles. The molecule has 0 bridgehead atoms. The molecule has 1 N–H and O–H groups in total. The highest BCUT2D eigenvalue weighted by molar-refractivity contribution is 7.39. The first kappa shape index (κ1) is 17.9. The molecule has 4 rings (SSSR count). The smallest absolute Gasteiger partial charge is 0.256 e. The van der Waals surface area contributed by atoms with Crippen LogP contribution >= 0.6 is 8.73 Å². The summed E-state index contributed by atoms with van der Waals surface area (Å²) in [5, 5.41) is 14.1. The van der Waals surface area contributed by atoms with Gasteiger partial charge in [0.05, 0.1) is 24.4 Å². The van der Waals surface area contributed by atoms with Crippen LogP contribution < -0.4 is 9.41 Å². The van der Waals surface area contributed by atoms with Gasteiger partial charge >= 0.3 is 0 Å². The zero-order valence-corrected chi connectivity index (χ0v) is 16.0. The molecule has 2 aromatic rings. The highest BCUT2D eigenvalue weighted by Crippen LogP contribution is 2.44. The van der Waals surface area contributed by atoms with Gasteiger partial charge in [-0.1, -0.05) is 24.3 Å². The summed E-state index contributed by atoms with van der Waals surface area (Å²) in [6.07, 6.45) is -0.298. The predicted octanol–water partition coefficient (Wildman–Crippen LogP) is 3.02. The average Bonchev–Trinajstić information content (AvgIpc) is 2.79. The lowest BCUT2D eigenvalue weighted by molar-refractivity contribution is 0.0360. The van der Waals surface area contributed by atoms with Gasteiger partial charge in [-0.3, -0.25) is 4.79 Å². The van der Waals surface area contributed by atoms with E-state index in [1.54, 1.807) is 15.6 Å². The predicted molar refractivity (Wildman–Crippen MR) is 105 cm³/mol. The largest absolute Gasteiger partial charge is 0.494 e. The number of nitroso groups, excluding NO2 is 1. The minimum absolute atomic E-state index is 0.114. The summed E-state index contributed by atoms with van der Waals surface area (Å²) in [5.74, 6) is 0.0712. The van der Waals surface area contributed by atoms with Crippen molar-refractivity contribution in [3.8, 4) is 5.75 Å². The van der Waals surface area contributed by atoms with Gasteiger partial charge < -0.3 is 19.4 Å². The van der Waals surface area contributed by atoms with E-state index in [9.17, 15) is 14.8 Å². The number of aliphatic hydroxyl groups excluding tert-OH is 1. The number of ether oxygens (including phenoxy) is 1. The van der Waals surface area contributed by atoms with Crippen molar-refractivity contribution in [2.24, 2.45) is 5.18 Å². The van der Waals surface area contributed by atoms with Crippen LogP contribution in [-0.4, -0.2) is 42.0 Å². The monoisotopic (exact) mass is 385 g/mol. The molecule has 3 unspecified atom stereocenters. The molecule has 0 aliphatic carbocycles. The van der Waals surface area contributed by atoms with Crippen LogP contribution in [0.1, 0.15) is 21.5 Å². The molecule has 0 saturated heterocycles. The molecule has 0 spiro atoms. The molecule has 2 aliphatic rings. The van der Waals surface area contributed by atoms with Crippen LogP contribution in [0.25, 0.3) is 0 Å². The number of hydrogen-bond donors (Lipinski definition) is 1. The van der Waals surface area contributed by atoms with Crippen molar-refractivity contribution in [1.29, 1.82) is 0 Å². The van der Waals surface area contributed by atoms with E-state index >= 15 is 0 Å². The van der Waals surface area contributed by atoms with Crippen molar-refractivity contribution >= 4 is 26.0 Å². The molecule has 27 heavy (non-hydrogen) atoms. The molecule has 0 fully saturated rings. The standard InChI is InChI=1S/C19H20N3O4P/c1-26-17-8-13-15(9-14(17)20-25)22(27-2)19(24)16-7-11-5-3-4-6-12(11)10-21(16)18(13)23/h3-6,8-9,16,19,24,27H,7,10H2,1-2H3. The number of methoxy groups -OCH3 is 1. The number of hydrogen-bond acceptors (Lipinski definition) is 6. The van der Waals surface area contributed by atoms with Gasteiger partial charge in [0.1, 0.15) is 5.75 Å². The van der Waals surface area contributed by atoms with Gasteiger partial charge in [-0.25, -0.2) is 0 Å². The van der Waals surface area contributed by atoms with Crippen LogP contribution in [-0.2, 0) is 13.0 Å². The topological polar surface area (TPSA) is 82.4 Å². The molecule has 8 heteroatoms. The summed E-state index contributed by atoms with van der Waals surface area (Å²) in [6.45, 7) is 2.37. The molecule has 140 valence electrons. The molecule has 0 radical (unpaired) electrons. The van der Waals surface area contributed by atoms with Crippen LogP contribution in [0.3, 0.4) is 0 Å². The van der Waals surface area contributed by atoms with Crippen molar-refractivity contribution in [2.45, 2.75) is 25.2 Å². The van der Waals surface area contributed by atoms with Gasteiger partial charge in [0, 0.05) is 6.54 Å². The Labute approximate surface area is 158 Å². The number of fused-ring (bicyclic) bond motifs is 3. The van der Waals surface area contributed by atoms with Crippen LogP contribution in [0, 0.1) is 4.91 Å². The minimum atomic E-state index is -0.875. The molecule has 7 nitrogen and oxygen atoms in total. The third-order valence-electron chi connectivity index (χ3n) is 5.28. The second-order valence-electron chi connectivity index (χ2n) is 6.61. The van der Waals surface area contributed by atoms with Crippen LogP contribution in [0.2, 0.25) is 0 Å². The molecule has 1 amide bonds. The molecule has 0 aromatic heterocycles. The molecular weight excluding hydrogens is 365 g/mol. The number of rotatable bonds is 3. The van der Waals surface area contributed by atoms with Crippen molar-refractivity contribution in [1.82, 2.24) is 4.90 Å². The fraction of sp³-hybridized carbons (Fsp3) is 0.316. The van der Waals surface area contributed by atoms with Gasteiger partial charge in [-0.05, 0) is 50.3 Å². The number of carbonyl (C=O) groups is 1. The number of nitrogens with zero attached hydrogens (tertiary/aromatic N) is 3. The van der Waals surface area contributed by atoms with E-state index in [1.165, 1.54) is 13.2 Å². The van der Waals surface area contributed by atoms with Crippen LogP contribution in [0.5, 0.6) is 5.75 Å². The molecule has 2 aromatic carbocycles. The van der Waals surface area contributed by atoms with E-state index in [1.807, 2.05) is 30.9 Å². The molecule has 2 heterocycles. The van der Waals surface area contributed by atoms with Crippen molar-refractivity contribution < 1.29 is 14.6 Å². The van der Waals surface area contributed by atoms with E-state index in [2.05, 4.69) is 5.18 Å². The maximum Gasteiger partial charge on any atom is 0.256 e. The highest BCUT2D eigenvalue weighted by Gasteiger charge is 2.42. The second kappa shape index (κ2) is 6.91. The first-order valence-electron chi connectivity index (χ1n) is 8.67. The summed E-state index contributed by atoms with van der Waals surface area (Å²) in [7, 11) is 1.65. The average molecular weight is 385 g/mol. The Hall–Kier alpha value is -2.50. The number of benzene rings is 2. The number of aliphatic hydroxyl groups is 1. The first-order chi connectivity index (χ1) is 13.1. The Bertz CT molecular complexity index is 920. The third-order valence-corrected chi connectivity index (χ3v) is 6.27. The Morgan fingerprint density at radius 3 is 2.67 bits per heavy atom. The Morgan fingerprint density at radius 1 is 1.26 bits per heavy atom. The normalized spacial score (nSPS) is 21.5. The van der Waals surface area contributed by atoms with Crippen molar-refractivity contribution in [3.63, 3.8) is 0 Å². The quantitative estimate of drug-likeness (QED) is 0.649. The summed E-state index contributed by atoms with van der Waals surface area (Å²) in [5.41, 5.74) is 3.27. The fourth-order valence-corrected chi connectivity index (χ4v) is 4.78. The SMILES string of the molecule is COc1cc2c(cc1N=O)N(PC)C(O)C1Cc3ccccc3CN1C2=O. The van der Waals surface area contributed by atoms with E-state index in [0.29, 0.717) is 24.2 Å². The lowest BCUT2D eigenvalue weighted by Gasteiger charge is -2.40. The zero-order valence-electron chi connectivity index (χ0n) is 15.0. The third kappa shape index (κ3) is 2.78. The van der Waals surface area contributed by atoms with Gasteiger partial charge in [-0.2, -0.15) is 0 Å². The Morgan fingerprint density at radius 2 is 2.00 bits per heavy atom. The van der Waals surface area contributed by atoms with Gasteiger partial charge in [-0.15, -0.1) is 4.91 Å². The number of carbonyl (C=O) groups excluding carboxylic acids is 1. The first-order valence-corrected chi connectivity index (χ1v) is 10.1. The van der Waals surface area contributed by atoms with Gasteiger partial charge in [0.25, 0.3) is 5.91 Å². The van der Waals surface area contributed by atoms with Crippen molar-refractivity contribution in [2.75, 3.05) is 18.4 Å². The lowest BCUT2D eigenvalue weighted by Crippen LogP contribution is -2.52. The van der Waals surface area contributed by atoms with E-state index in [4.69, 9.17) is 4.74 Å². The summed E-state index contributed by atoms with van der Waals surface area (Å²) < 4.78 is 7.01. The maximum atomic E-state index is 13.4. The summed E-state index contributed by atoms with van der Waals surface area (Å²) in [4.78, 5) is 26.3. The van der Waals surface area contributed by atoms with Gasteiger partial charge in [0.2, 0.25) is 0 Å². The molecular formula is C19H20N3O4P. The Balaban J connectivity index is 1.88. The molecule has 0 saturated carbocycles. The minimum Gasteiger partial charge on any atom is -0.494 e. The number of anilines is 1. The van der Waals surface area contributed by atoms with Gasteiger partial charge in [0.15, 0.2) is 11.9 Å². The number of amides is 1. The zero-order chi connectivity index (χ0) is 19.1. The van der Waals surface area contributed by atoms with Crippen LogP contribution in [0.4, 0.5) is 11.4 Å². The molecule has 3 atom stereocenters. The van der Waals surface area contributed by atoms with E-state index in [-0.39, 0.29) is 32.1 Å². The fourth-order valence-electron chi connectivity index (χ4n) is 3.92. The van der Waals surface area contributed by atoms with Crippen molar-refractivity contribution in [3.05, 3.63) is 58.0 Å². The summed E-state index contributed by atoms with van der Waals surface area (Å²) in [6, 6.07) is 10.7. The van der Waals surface area contributed by atoms with E-state index < -0.39 is 6.23 Å². The van der Waals surface area contributed by atoms with E-state index in [0.717, 1.165) is 11.1 Å². The maximum absolute atomic E-state index is 13.4. The lowest BCUT2D eigenvalue weighted by atomic mass is 9.93. The van der Waals surface area contributed by atoms with Crippen LogP contribution in [0.15, 0.2) is 41.6 Å². The Kier molecular flexibility index (Phi) is 4.58. The second-order valence-corrected chi connectivity index (χ2v) is 7.54. The summed E-state index contributed by atoms with van der Waals surface area (Å²) >= 11 is 0.